The molecule has 0 radical (unpaired) electrons. The highest BCUT2D eigenvalue weighted by Crippen LogP contribution is 2.32. The number of methoxy groups -OCH3 is 1. The molecule has 1 heterocycles. The molecule has 5 nitrogen and oxygen atoms in total. The molecule has 1 fully saturated rings. The number of rotatable bonds is 6. The Morgan fingerprint density at radius 2 is 1.88 bits per heavy atom. The molecule has 1 aliphatic heterocycles. The fraction of sp³-hybridized carbons (Fsp3) is 0.333. The third-order valence-electron chi connectivity index (χ3n) is 4.68. The number of benzene rings is 2. The third-order valence-corrected chi connectivity index (χ3v) is 4.68. The van der Waals surface area contributed by atoms with E-state index in [1.807, 2.05) is 23.1 Å². The van der Waals surface area contributed by atoms with Crippen molar-refractivity contribution in [1.82, 2.24) is 4.90 Å². The topological polar surface area (TPSA) is 55.8 Å². The molecule has 3 rings (SSSR count). The molecule has 0 saturated carbocycles. The van der Waals surface area contributed by atoms with Gasteiger partial charge in [0.15, 0.2) is 23.9 Å². The highest BCUT2D eigenvalue weighted by Gasteiger charge is 2.30. The molecule has 26 heavy (non-hydrogen) atoms. The van der Waals surface area contributed by atoms with Crippen LogP contribution in [0.2, 0.25) is 0 Å². The molecule has 136 valence electrons. The van der Waals surface area contributed by atoms with E-state index in [-0.39, 0.29) is 24.3 Å². The Kier molecular flexibility index (Phi) is 5.56. The van der Waals surface area contributed by atoms with Crippen LogP contribution < -0.4 is 9.47 Å². The van der Waals surface area contributed by atoms with Gasteiger partial charge < -0.3 is 14.4 Å². The van der Waals surface area contributed by atoms with Crippen molar-refractivity contribution in [3.05, 3.63) is 59.7 Å². The van der Waals surface area contributed by atoms with Gasteiger partial charge in [0.25, 0.3) is 5.91 Å². The molecule has 0 aliphatic carbocycles. The normalized spacial score (nSPS) is 16.4. The van der Waals surface area contributed by atoms with E-state index in [0.29, 0.717) is 17.1 Å². The fourth-order valence-corrected chi connectivity index (χ4v) is 3.32. The number of carbonyl (C=O) groups excluding carboxylic acids is 2. The molecule has 0 aromatic heterocycles. The SMILES string of the molecule is COc1cc(C(C)=O)ccc1OCC(=O)N1CCCC1c1ccccc1. The van der Waals surface area contributed by atoms with Gasteiger partial charge in [-0.15, -0.1) is 0 Å². The molecule has 1 unspecified atom stereocenters. The molecule has 1 amide bonds. The number of hydrogen-bond donors (Lipinski definition) is 0. The second-order valence-corrected chi connectivity index (χ2v) is 6.37. The average molecular weight is 353 g/mol. The molecule has 0 bridgehead atoms. The van der Waals surface area contributed by atoms with Gasteiger partial charge in [0.2, 0.25) is 0 Å². The monoisotopic (exact) mass is 353 g/mol. The number of ketones is 1. The molecule has 1 aliphatic rings. The van der Waals surface area contributed by atoms with E-state index >= 15 is 0 Å². The number of hydrogen-bond acceptors (Lipinski definition) is 4. The quantitative estimate of drug-likeness (QED) is 0.744. The summed E-state index contributed by atoms with van der Waals surface area (Å²) in [5.74, 6) is 0.815. The number of nitrogens with zero attached hydrogens (tertiary/aromatic N) is 1. The Morgan fingerprint density at radius 1 is 1.12 bits per heavy atom. The van der Waals surface area contributed by atoms with Crippen LogP contribution >= 0.6 is 0 Å². The summed E-state index contributed by atoms with van der Waals surface area (Å²) >= 11 is 0. The first-order valence-corrected chi connectivity index (χ1v) is 8.76. The van der Waals surface area contributed by atoms with Crippen molar-refractivity contribution < 1.29 is 19.1 Å². The lowest BCUT2D eigenvalue weighted by Gasteiger charge is -2.25. The Labute approximate surface area is 153 Å². The van der Waals surface area contributed by atoms with Gasteiger partial charge in [0.05, 0.1) is 13.2 Å². The molecule has 2 aromatic carbocycles. The summed E-state index contributed by atoms with van der Waals surface area (Å²) in [6.07, 6.45) is 1.95. The van der Waals surface area contributed by atoms with Crippen LogP contribution in [0.1, 0.15) is 41.7 Å². The minimum absolute atomic E-state index is 0.0472. The molecular weight excluding hydrogens is 330 g/mol. The zero-order chi connectivity index (χ0) is 18.5. The van der Waals surface area contributed by atoms with Crippen LogP contribution in [0.3, 0.4) is 0 Å². The van der Waals surface area contributed by atoms with Crippen LogP contribution in [0.5, 0.6) is 11.5 Å². The molecule has 0 N–H and O–H groups in total. The van der Waals surface area contributed by atoms with Crippen LogP contribution in [-0.4, -0.2) is 36.9 Å². The molecule has 0 spiro atoms. The number of Topliss-reactive ketones (excluding diaryl/α,β-unsaturated/α-hetero) is 1. The van der Waals surface area contributed by atoms with Crippen molar-refractivity contribution in [1.29, 1.82) is 0 Å². The maximum absolute atomic E-state index is 12.7. The van der Waals surface area contributed by atoms with Gasteiger partial charge in [-0.2, -0.15) is 0 Å². The molecule has 5 heteroatoms. The minimum atomic E-state index is -0.0564. The van der Waals surface area contributed by atoms with Gasteiger partial charge in [-0.05, 0) is 43.5 Å². The average Bonchev–Trinajstić information content (AvgIpc) is 3.16. The van der Waals surface area contributed by atoms with Crippen LogP contribution in [0.15, 0.2) is 48.5 Å². The first-order valence-electron chi connectivity index (χ1n) is 8.76. The van der Waals surface area contributed by atoms with Crippen LogP contribution in [-0.2, 0) is 4.79 Å². The van der Waals surface area contributed by atoms with E-state index in [1.54, 1.807) is 18.2 Å². The first kappa shape index (κ1) is 18.0. The fourth-order valence-electron chi connectivity index (χ4n) is 3.32. The summed E-state index contributed by atoms with van der Waals surface area (Å²) in [5, 5.41) is 0. The van der Waals surface area contributed by atoms with E-state index in [9.17, 15) is 9.59 Å². The van der Waals surface area contributed by atoms with Gasteiger partial charge in [-0.1, -0.05) is 30.3 Å². The lowest BCUT2D eigenvalue weighted by atomic mass is 10.0. The lowest BCUT2D eigenvalue weighted by molar-refractivity contribution is -0.134. The van der Waals surface area contributed by atoms with Crippen LogP contribution in [0, 0.1) is 0 Å². The Hall–Kier alpha value is -2.82. The minimum Gasteiger partial charge on any atom is -0.493 e. The van der Waals surface area contributed by atoms with Crippen LogP contribution in [0.4, 0.5) is 0 Å². The van der Waals surface area contributed by atoms with Gasteiger partial charge in [0.1, 0.15) is 0 Å². The van der Waals surface area contributed by atoms with Crippen LogP contribution in [0.25, 0.3) is 0 Å². The summed E-state index contributed by atoms with van der Waals surface area (Å²) in [6, 6.07) is 15.2. The summed E-state index contributed by atoms with van der Waals surface area (Å²) in [6.45, 7) is 2.18. The second-order valence-electron chi connectivity index (χ2n) is 6.37. The zero-order valence-electron chi connectivity index (χ0n) is 15.1. The van der Waals surface area contributed by atoms with Gasteiger partial charge in [-0.25, -0.2) is 0 Å². The van der Waals surface area contributed by atoms with E-state index in [2.05, 4.69) is 12.1 Å². The van der Waals surface area contributed by atoms with Crippen molar-refractivity contribution in [2.75, 3.05) is 20.3 Å². The third kappa shape index (κ3) is 3.87. The molecule has 2 aromatic rings. The Morgan fingerprint density at radius 3 is 2.58 bits per heavy atom. The maximum Gasteiger partial charge on any atom is 0.261 e. The summed E-state index contributed by atoms with van der Waals surface area (Å²) in [5.41, 5.74) is 1.70. The number of carbonyl (C=O) groups is 2. The Balaban J connectivity index is 1.68. The van der Waals surface area contributed by atoms with Crippen molar-refractivity contribution in [3.8, 4) is 11.5 Å². The molecule has 1 saturated heterocycles. The molecule has 1 atom stereocenters. The second kappa shape index (κ2) is 8.04. The Bertz CT molecular complexity index is 788. The highest BCUT2D eigenvalue weighted by molar-refractivity contribution is 5.94. The van der Waals surface area contributed by atoms with E-state index < -0.39 is 0 Å². The van der Waals surface area contributed by atoms with Crippen molar-refractivity contribution in [2.24, 2.45) is 0 Å². The standard InChI is InChI=1S/C21H23NO4/c1-15(23)17-10-11-19(20(13-17)25-2)26-14-21(24)22-12-6-9-18(22)16-7-4-3-5-8-16/h3-5,7-8,10-11,13,18H,6,9,12,14H2,1-2H3. The molecular formula is C21H23NO4. The van der Waals surface area contributed by atoms with Crippen molar-refractivity contribution in [3.63, 3.8) is 0 Å². The maximum atomic E-state index is 12.7. The number of amides is 1. The predicted molar refractivity (Wildman–Crippen MR) is 98.6 cm³/mol. The summed E-state index contributed by atoms with van der Waals surface area (Å²) in [7, 11) is 1.51. The number of likely N-dealkylation sites (tertiary alicyclic amines) is 1. The van der Waals surface area contributed by atoms with Crippen molar-refractivity contribution >= 4 is 11.7 Å². The van der Waals surface area contributed by atoms with Gasteiger partial charge in [-0.3, -0.25) is 9.59 Å². The predicted octanol–water partition coefficient (Wildman–Crippen LogP) is 3.64. The number of ether oxygens (including phenoxy) is 2. The van der Waals surface area contributed by atoms with Gasteiger partial charge in [0, 0.05) is 12.1 Å². The highest BCUT2D eigenvalue weighted by atomic mass is 16.5. The van der Waals surface area contributed by atoms with Gasteiger partial charge >= 0.3 is 0 Å². The smallest absolute Gasteiger partial charge is 0.261 e. The lowest BCUT2D eigenvalue weighted by Crippen LogP contribution is -2.34. The largest absolute Gasteiger partial charge is 0.493 e. The van der Waals surface area contributed by atoms with E-state index in [4.69, 9.17) is 9.47 Å². The summed E-state index contributed by atoms with van der Waals surface area (Å²) in [4.78, 5) is 26.0. The summed E-state index contributed by atoms with van der Waals surface area (Å²) < 4.78 is 11.0. The zero-order valence-corrected chi connectivity index (χ0v) is 15.1. The van der Waals surface area contributed by atoms with Crippen molar-refractivity contribution in [2.45, 2.75) is 25.8 Å². The van der Waals surface area contributed by atoms with E-state index in [1.165, 1.54) is 14.0 Å². The first-order chi connectivity index (χ1) is 12.6. The van der Waals surface area contributed by atoms with E-state index in [0.717, 1.165) is 24.9 Å².